The third-order valence-electron chi connectivity index (χ3n) is 4.65. The molecule has 5 nitrogen and oxygen atoms in total. The standard InChI is InChI=1S/C21H23N3O2S/c1-3-15-6-8-16(9-7-15)17-14-27-20-19(17)21(25)24(12-5-4-11-22)18(23-20)10-13-26-2/h6-9,14H,3-5,10,12-13H2,1-2H3. The lowest BCUT2D eigenvalue weighted by Gasteiger charge is -2.12. The molecule has 0 aliphatic carbocycles. The van der Waals surface area contributed by atoms with Crippen molar-refractivity contribution in [1.29, 1.82) is 5.26 Å². The summed E-state index contributed by atoms with van der Waals surface area (Å²) < 4.78 is 6.89. The summed E-state index contributed by atoms with van der Waals surface area (Å²) in [5.41, 5.74) is 3.21. The molecule has 27 heavy (non-hydrogen) atoms. The maximum Gasteiger partial charge on any atom is 0.262 e. The summed E-state index contributed by atoms with van der Waals surface area (Å²) in [5, 5.41) is 11.5. The molecule has 0 unspecified atom stereocenters. The van der Waals surface area contributed by atoms with Crippen molar-refractivity contribution in [2.75, 3.05) is 13.7 Å². The summed E-state index contributed by atoms with van der Waals surface area (Å²) in [7, 11) is 1.64. The molecule has 0 aliphatic rings. The summed E-state index contributed by atoms with van der Waals surface area (Å²) in [6.45, 7) is 3.13. The second-order valence-electron chi connectivity index (χ2n) is 6.37. The molecule has 0 saturated heterocycles. The van der Waals surface area contributed by atoms with E-state index in [1.807, 2.05) is 5.38 Å². The van der Waals surface area contributed by atoms with Gasteiger partial charge in [0.25, 0.3) is 5.56 Å². The van der Waals surface area contributed by atoms with Crippen LogP contribution in [0.15, 0.2) is 34.4 Å². The molecule has 0 atom stereocenters. The van der Waals surface area contributed by atoms with Crippen LogP contribution in [0.1, 0.15) is 31.2 Å². The van der Waals surface area contributed by atoms with Crippen molar-refractivity contribution in [1.82, 2.24) is 9.55 Å². The molecule has 0 aliphatic heterocycles. The van der Waals surface area contributed by atoms with Crippen molar-refractivity contribution >= 4 is 21.6 Å². The van der Waals surface area contributed by atoms with Crippen LogP contribution in [0, 0.1) is 11.3 Å². The minimum Gasteiger partial charge on any atom is -0.384 e. The first-order valence-electron chi connectivity index (χ1n) is 9.15. The molecular weight excluding hydrogens is 358 g/mol. The van der Waals surface area contributed by atoms with Crippen LogP contribution in [0.3, 0.4) is 0 Å². The zero-order valence-electron chi connectivity index (χ0n) is 15.7. The number of nitrogens with zero attached hydrogens (tertiary/aromatic N) is 3. The molecular formula is C21H23N3O2S. The Kier molecular flexibility index (Phi) is 6.38. The van der Waals surface area contributed by atoms with Crippen molar-refractivity contribution in [3.8, 4) is 17.2 Å². The average molecular weight is 382 g/mol. The Labute approximate surface area is 162 Å². The molecule has 0 amide bonds. The molecule has 0 N–H and O–H groups in total. The van der Waals surface area contributed by atoms with Crippen LogP contribution >= 0.6 is 11.3 Å². The van der Waals surface area contributed by atoms with E-state index in [1.165, 1.54) is 16.9 Å². The average Bonchev–Trinajstić information content (AvgIpc) is 3.12. The van der Waals surface area contributed by atoms with Gasteiger partial charge in [-0.25, -0.2) is 4.98 Å². The van der Waals surface area contributed by atoms with E-state index in [2.05, 4.69) is 37.3 Å². The van der Waals surface area contributed by atoms with Crippen molar-refractivity contribution in [3.05, 3.63) is 51.4 Å². The number of hydrogen-bond donors (Lipinski definition) is 0. The molecule has 2 aromatic heterocycles. The van der Waals surface area contributed by atoms with Gasteiger partial charge in [0.1, 0.15) is 10.7 Å². The fourth-order valence-electron chi connectivity index (χ4n) is 3.13. The molecule has 140 valence electrons. The molecule has 2 heterocycles. The highest BCUT2D eigenvalue weighted by Crippen LogP contribution is 2.31. The number of nitriles is 1. The van der Waals surface area contributed by atoms with Gasteiger partial charge >= 0.3 is 0 Å². The van der Waals surface area contributed by atoms with Crippen LogP contribution in [-0.4, -0.2) is 23.3 Å². The largest absolute Gasteiger partial charge is 0.384 e. The minimum atomic E-state index is -0.0279. The highest BCUT2D eigenvalue weighted by Gasteiger charge is 2.17. The maximum absolute atomic E-state index is 13.3. The number of aromatic nitrogens is 2. The number of aryl methyl sites for hydroxylation is 1. The number of fused-ring (bicyclic) bond motifs is 1. The van der Waals surface area contributed by atoms with E-state index in [-0.39, 0.29) is 5.56 Å². The van der Waals surface area contributed by atoms with Crippen molar-refractivity contribution in [3.63, 3.8) is 0 Å². The smallest absolute Gasteiger partial charge is 0.262 e. The molecule has 0 fully saturated rings. The van der Waals surface area contributed by atoms with Crippen molar-refractivity contribution in [2.24, 2.45) is 0 Å². The van der Waals surface area contributed by atoms with E-state index < -0.39 is 0 Å². The molecule has 3 aromatic rings. The number of unbranched alkanes of at least 4 members (excludes halogenated alkanes) is 1. The van der Waals surface area contributed by atoms with Gasteiger partial charge < -0.3 is 4.74 Å². The first kappa shape index (κ1) is 19.3. The second kappa shape index (κ2) is 8.94. The monoisotopic (exact) mass is 381 g/mol. The van der Waals surface area contributed by atoms with Gasteiger partial charge in [0, 0.05) is 37.4 Å². The van der Waals surface area contributed by atoms with Gasteiger partial charge in [-0.15, -0.1) is 11.3 Å². The minimum absolute atomic E-state index is 0.0279. The zero-order chi connectivity index (χ0) is 19.2. The van der Waals surface area contributed by atoms with Gasteiger partial charge in [0.2, 0.25) is 0 Å². The summed E-state index contributed by atoms with van der Waals surface area (Å²) in [6, 6.07) is 10.5. The molecule has 6 heteroatoms. The van der Waals surface area contributed by atoms with E-state index in [4.69, 9.17) is 15.0 Å². The lowest BCUT2D eigenvalue weighted by atomic mass is 10.0. The summed E-state index contributed by atoms with van der Waals surface area (Å²) in [4.78, 5) is 18.8. The van der Waals surface area contributed by atoms with Gasteiger partial charge in [0.05, 0.1) is 18.1 Å². The fraction of sp³-hybridized carbons (Fsp3) is 0.381. The van der Waals surface area contributed by atoms with Gasteiger partial charge in [-0.3, -0.25) is 9.36 Å². The van der Waals surface area contributed by atoms with Crippen LogP contribution in [0.4, 0.5) is 0 Å². The SMILES string of the molecule is CCc1ccc(-c2csc3nc(CCOC)n(CCCC#N)c(=O)c23)cc1. The van der Waals surface area contributed by atoms with E-state index in [0.717, 1.165) is 28.2 Å². The first-order chi connectivity index (χ1) is 13.2. The summed E-state index contributed by atoms with van der Waals surface area (Å²) >= 11 is 1.50. The zero-order valence-corrected chi connectivity index (χ0v) is 16.5. The van der Waals surface area contributed by atoms with E-state index in [1.54, 1.807) is 11.7 Å². The highest BCUT2D eigenvalue weighted by molar-refractivity contribution is 7.17. The third-order valence-corrected chi connectivity index (χ3v) is 5.52. The van der Waals surface area contributed by atoms with Crippen LogP contribution in [0.25, 0.3) is 21.3 Å². The topological polar surface area (TPSA) is 67.9 Å². The maximum atomic E-state index is 13.3. The van der Waals surface area contributed by atoms with Crippen LogP contribution in [0.2, 0.25) is 0 Å². The lowest BCUT2D eigenvalue weighted by molar-refractivity contribution is 0.199. The van der Waals surface area contributed by atoms with Gasteiger partial charge in [-0.2, -0.15) is 5.26 Å². The van der Waals surface area contributed by atoms with Crippen LogP contribution < -0.4 is 5.56 Å². The molecule has 0 saturated carbocycles. The number of thiophene rings is 1. The van der Waals surface area contributed by atoms with E-state index in [9.17, 15) is 4.79 Å². The molecule has 0 spiro atoms. The van der Waals surface area contributed by atoms with Crippen molar-refractivity contribution in [2.45, 2.75) is 39.2 Å². The van der Waals surface area contributed by atoms with E-state index in [0.29, 0.717) is 37.8 Å². The number of ether oxygens (including phenoxy) is 1. The first-order valence-corrected chi connectivity index (χ1v) is 10.0. The van der Waals surface area contributed by atoms with Crippen molar-refractivity contribution < 1.29 is 4.74 Å². The van der Waals surface area contributed by atoms with Gasteiger partial charge in [0.15, 0.2) is 0 Å². The van der Waals surface area contributed by atoms with E-state index >= 15 is 0 Å². The van der Waals surface area contributed by atoms with Crippen LogP contribution in [0.5, 0.6) is 0 Å². The Morgan fingerprint density at radius 2 is 2.07 bits per heavy atom. The molecule has 0 radical (unpaired) electrons. The fourth-order valence-corrected chi connectivity index (χ4v) is 4.09. The number of benzene rings is 1. The Morgan fingerprint density at radius 1 is 1.30 bits per heavy atom. The summed E-state index contributed by atoms with van der Waals surface area (Å²) in [5.74, 6) is 0.724. The Hall–Kier alpha value is -2.49. The quantitative estimate of drug-likeness (QED) is 0.549. The predicted molar refractivity (Wildman–Crippen MR) is 109 cm³/mol. The normalized spacial score (nSPS) is 11.0. The molecule has 1 aromatic carbocycles. The number of hydrogen-bond acceptors (Lipinski definition) is 5. The number of methoxy groups -OCH3 is 1. The summed E-state index contributed by atoms with van der Waals surface area (Å²) in [6.07, 6.45) is 2.62. The van der Waals surface area contributed by atoms with Gasteiger partial charge in [-0.1, -0.05) is 31.2 Å². The highest BCUT2D eigenvalue weighted by atomic mass is 32.1. The lowest BCUT2D eigenvalue weighted by Crippen LogP contribution is -2.26. The van der Waals surface area contributed by atoms with Crippen LogP contribution in [-0.2, 0) is 24.1 Å². The predicted octanol–water partition coefficient (Wildman–Crippen LogP) is 4.18. The Morgan fingerprint density at radius 3 is 2.74 bits per heavy atom. The Bertz CT molecular complexity index is 1010. The molecule has 0 bridgehead atoms. The Balaban J connectivity index is 2.11. The second-order valence-corrected chi connectivity index (χ2v) is 7.23. The third kappa shape index (κ3) is 4.10. The number of rotatable bonds is 8. The van der Waals surface area contributed by atoms with Gasteiger partial charge in [-0.05, 0) is 24.0 Å². The molecule has 3 rings (SSSR count).